The maximum atomic E-state index is 14.9. The van der Waals surface area contributed by atoms with E-state index in [4.69, 9.17) is 4.74 Å². The van der Waals surface area contributed by atoms with Crippen LogP contribution in [0.2, 0.25) is 0 Å². The Morgan fingerprint density at radius 1 is 1.09 bits per heavy atom. The number of nitrogens with one attached hydrogen (secondary N) is 1. The highest BCUT2D eigenvalue weighted by Crippen LogP contribution is 2.40. The van der Waals surface area contributed by atoms with E-state index < -0.39 is 35.1 Å². The van der Waals surface area contributed by atoms with Crippen LogP contribution in [0.3, 0.4) is 0 Å². The quantitative estimate of drug-likeness (QED) is 0.526. The topological polar surface area (TPSA) is 72.2 Å². The summed E-state index contributed by atoms with van der Waals surface area (Å²) in [5.74, 6) is -1.97. The first kappa shape index (κ1) is 22.1. The van der Waals surface area contributed by atoms with Gasteiger partial charge in [-0.1, -0.05) is 0 Å². The van der Waals surface area contributed by atoms with Gasteiger partial charge in [-0.2, -0.15) is 18.3 Å². The van der Waals surface area contributed by atoms with E-state index in [1.54, 1.807) is 10.9 Å². The Kier molecular flexibility index (Phi) is 5.74. The first-order valence-electron chi connectivity index (χ1n) is 11.1. The van der Waals surface area contributed by atoms with Crippen LogP contribution < -0.4 is 5.32 Å². The predicted molar refractivity (Wildman–Crippen MR) is 113 cm³/mol. The fourth-order valence-electron chi connectivity index (χ4n) is 4.67. The van der Waals surface area contributed by atoms with Crippen molar-refractivity contribution < 1.29 is 27.4 Å². The lowest BCUT2D eigenvalue weighted by Gasteiger charge is -2.24. The minimum Gasteiger partial charge on any atom is -0.505 e. The third-order valence-electron chi connectivity index (χ3n) is 6.43. The molecule has 4 heterocycles. The average Bonchev–Trinajstić information content (AvgIpc) is 3.20. The Morgan fingerprint density at radius 2 is 1.88 bits per heavy atom. The molecule has 0 bridgehead atoms. The fraction of sp³-hybridized carbons (Fsp3) is 0.478. The lowest BCUT2D eigenvalue weighted by molar-refractivity contribution is -0.137. The molecule has 2 aromatic heterocycles. The summed E-state index contributed by atoms with van der Waals surface area (Å²) < 4.78 is 62.5. The number of ether oxygens (including phenoxy) is 1. The smallest absolute Gasteiger partial charge is 0.416 e. The van der Waals surface area contributed by atoms with Crippen LogP contribution in [0.15, 0.2) is 24.4 Å². The van der Waals surface area contributed by atoms with Crippen molar-refractivity contribution in [2.24, 2.45) is 0 Å². The molecule has 6 nitrogen and oxygen atoms in total. The van der Waals surface area contributed by atoms with Gasteiger partial charge < -0.3 is 15.2 Å². The van der Waals surface area contributed by atoms with Crippen molar-refractivity contribution in [1.82, 2.24) is 20.1 Å². The van der Waals surface area contributed by atoms with Gasteiger partial charge in [0.25, 0.3) is 0 Å². The van der Waals surface area contributed by atoms with Crippen LogP contribution in [0, 0.1) is 5.82 Å². The summed E-state index contributed by atoms with van der Waals surface area (Å²) in [5, 5.41) is 18.1. The number of rotatable bonds is 3. The van der Waals surface area contributed by atoms with Gasteiger partial charge in [-0.25, -0.2) is 9.07 Å². The molecule has 176 valence electrons. The molecule has 33 heavy (non-hydrogen) atoms. The minimum absolute atomic E-state index is 0.00225. The van der Waals surface area contributed by atoms with E-state index in [1.807, 2.05) is 6.07 Å². The van der Waals surface area contributed by atoms with Crippen LogP contribution in [0.25, 0.3) is 22.2 Å². The van der Waals surface area contributed by atoms with Gasteiger partial charge in [0.1, 0.15) is 5.69 Å². The number of piperidine rings is 1. The number of benzene rings is 1. The maximum Gasteiger partial charge on any atom is 0.416 e. The zero-order valence-corrected chi connectivity index (χ0v) is 17.8. The van der Waals surface area contributed by atoms with E-state index in [0.29, 0.717) is 36.1 Å². The van der Waals surface area contributed by atoms with E-state index in [1.165, 1.54) is 0 Å². The molecule has 1 atom stereocenters. The Hall–Kier alpha value is -2.72. The summed E-state index contributed by atoms with van der Waals surface area (Å²) in [6.07, 6.45) is 0.784. The number of alkyl halides is 3. The van der Waals surface area contributed by atoms with E-state index in [0.717, 1.165) is 44.5 Å². The van der Waals surface area contributed by atoms with Crippen LogP contribution in [-0.2, 0) is 10.9 Å². The van der Waals surface area contributed by atoms with Gasteiger partial charge in [0.15, 0.2) is 17.8 Å². The second-order valence-corrected chi connectivity index (χ2v) is 8.62. The van der Waals surface area contributed by atoms with Crippen LogP contribution >= 0.6 is 0 Å². The summed E-state index contributed by atoms with van der Waals surface area (Å²) in [6, 6.07) is 2.96. The van der Waals surface area contributed by atoms with Gasteiger partial charge in [-0.15, -0.1) is 0 Å². The van der Waals surface area contributed by atoms with Crippen LogP contribution in [0.1, 0.15) is 55.5 Å². The number of phenols is 1. The maximum absolute atomic E-state index is 14.9. The van der Waals surface area contributed by atoms with Crippen molar-refractivity contribution in [2.75, 3.05) is 19.7 Å². The van der Waals surface area contributed by atoms with E-state index in [2.05, 4.69) is 15.4 Å². The zero-order valence-electron chi connectivity index (χ0n) is 17.8. The van der Waals surface area contributed by atoms with E-state index in [9.17, 15) is 22.7 Å². The van der Waals surface area contributed by atoms with Gasteiger partial charge in [-0.05, 0) is 63.4 Å². The molecule has 0 aliphatic carbocycles. The highest BCUT2D eigenvalue weighted by Gasteiger charge is 2.34. The molecule has 3 aromatic rings. The monoisotopic (exact) mass is 464 g/mol. The Morgan fingerprint density at radius 3 is 2.58 bits per heavy atom. The molecule has 5 rings (SSSR count). The SMILES string of the molecule is Oc1cc(C(F)(F)F)cc(-c2nn(C3CCCCO3)c3cc(C4CCNCC4)ncc23)c1F. The second kappa shape index (κ2) is 8.57. The fourth-order valence-corrected chi connectivity index (χ4v) is 4.67. The molecule has 2 saturated heterocycles. The molecule has 10 heteroatoms. The van der Waals surface area contributed by atoms with Crippen molar-refractivity contribution in [2.45, 2.75) is 50.4 Å². The van der Waals surface area contributed by atoms with Crippen molar-refractivity contribution in [1.29, 1.82) is 0 Å². The highest BCUT2D eigenvalue weighted by molar-refractivity contribution is 5.93. The number of nitrogens with zero attached hydrogens (tertiary/aromatic N) is 3. The number of hydrogen-bond acceptors (Lipinski definition) is 5. The molecule has 1 unspecified atom stereocenters. The molecular formula is C23H24F4N4O2. The van der Waals surface area contributed by atoms with Crippen molar-refractivity contribution >= 4 is 10.9 Å². The van der Waals surface area contributed by atoms with Gasteiger partial charge in [0.05, 0.1) is 11.1 Å². The number of halogens is 4. The van der Waals surface area contributed by atoms with Crippen molar-refractivity contribution in [3.8, 4) is 17.0 Å². The summed E-state index contributed by atoms with van der Waals surface area (Å²) in [7, 11) is 0. The van der Waals surface area contributed by atoms with E-state index >= 15 is 0 Å². The van der Waals surface area contributed by atoms with Crippen molar-refractivity contribution in [3.63, 3.8) is 0 Å². The summed E-state index contributed by atoms with van der Waals surface area (Å²) in [5.41, 5.74) is -0.0513. The Bertz CT molecular complexity index is 1170. The number of aromatic nitrogens is 3. The van der Waals surface area contributed by atoms with Crippen LogP contribution in [0.5, 0.6) is 5.75 Å². The normalized spacial score (nSPS) is 20.4. The van der Waals surface area contributed by atoms with E-state index in [-0.39, 0.29) is 11.6 Å². The lowest BCUT2D eigenvalue weighted by atomic mass is 9.93. The molecule has 0 saturated carbocycles. The second-order valence-electron chi connectivity index (χ2n) is 8.62. The summed E-state index contributed by atoms with van der Waals surface area (Å²) >= 11 is 0. The first-order valence-corrected chi connectivity index (χ1v) is 11.1. The molecule has 0 spiro atoms. The third kappa shape index (κ3) is 4.17. The van der Waals surface area contributed by atoms with Gasteiger partial charge in [0.2, 0.25) is 0 Å². The lowest BCUT2D eigenvalue weighted by Crippen LogP contribution is -2.27. The molecule has 2 fully saturated rings. The van der Waals surface area contributed by atoms with Gasteiger partial charge in [0, 0.05) is 35.4 Å². The van der Waals surface area contributed by atoms with Gasteiger partial charge in [-0.3, -0.25) is 4.98 Å². The van der Waals surface area contributed by atoms with Crippen LogP contribution in [0.4, 0.5) is 17.6 Å². The zero-order chi connectivity index (χ0) is 23.2. The minimum atomic E-state index is -4.74. The third-order valence-corrected chi connectivity index (χ3v) is 6.43. The number of fused-ring (bicyclic) bond motifs is 1. The summed E-state index contributed by atoms with van der Waals surface area (Å²) in [6.45, 7) is 2.32. The average molecular weight is 464 g/mol. The summed E-state index contributed by atoms with van der Waals surface area (Å²) in [4.78, 5) is 4.57. The largest absolute Gasteiger partial charge is 0.505 e. The van der Waals surface area contributed by atoms with Gasteiger partial charge >= 0.3 is 6.18 Å². The van der Waals surface area contributed by atoms with Crippen LogP contribution in [-0.4, -0.2) is 39.6 Å². The number of aromatic hydroxyl groups is 1. The molecule has 0 radical (unpaired) electrons. The standard InChI is InChI=1S/C23H24F4N4O2/c24-21-15(9-14(10-19(21)32)23(25,26)27)22-16-12-29-17(13-4-6-28-7-5-13)11-18(16)31(30-22)20-3-1-2-8-33-20/h9-13,20,28,32H,1-8H2. The highest BCUT2D eigenvalue weighted by atomic mass is 19.4. The molecule has 1 aromatic carbocycles. The first-order chi connectivity index (χ1) is 15.8. The molecule has 2 aliphatic rings. The Labute approximate surface area is 187 Å². The number of hydrogen-bond donors (Lipinski definition) is 2. The van der Waals surface area contributed by atoms with Crippen molar-refractivity contribution in [3.05, 3.63) is 41.5 Å². The predicted octanol–water partition coefficient (Wildman–Crippen LogP) is 5.13. The molecule has 2 N–H and O–H groups in total. The molecule has 2 aliphatic heterocycles. The molecular weight excluding hydrogens is 440 g/mol. The molecule has 0 amide bonds. The number of phenolic OH excluding ortho intramolecular Hbond substituents is 1. The Balaban J connectivity index is 1.69. The number of pyridine rings is 1.